The molecule has 0 rings (SSSR count). The van der Waals surface area contributed by atoms with Crippen molar-refractivity contribution in [1.29, 1.82) is 0 Å². The molecule has 0 saturated carbocycles. The normalized spacial score (nSPS) is 14.5. The highest BCUT2D eigenvalue weighted by atomic mass is 14.9. The lowest BCUT2D eigenvalue weighted by molar-refractivity contribution is 0.253. The van der Waals surface area contributed by atoms with E-state index < -0.39 is 0 Å². The maximum Gasteiger partial charge on any atom is 0.00768 e. The molecule has 0 fully saturated rings. The van der Waals surface area contributed by atoms with Crippen LogP contribution in [0.3, 0.4) is 0 Å². The summed E-state index contributed by atoms with van der Waals surface area (Å²) >= 11 is 0. The van der Waals surface area contributed by atoms with Gasteiger partial charge >= 0.3 is 0 Å². The maximum atomic E-state index is 3.46. The monoisotopic (exact) mass is 186 g/mol. The Hall–Kier alpha value is -0.0800. The summed E-state index contributed by atoms with van der Waals surface area (Å²) in [4.78, 5) is 0. The molecule has 2 nitrogen and oxygen atoms in total. The van der Waals surface area contributed by atoms with Crippen LogP contribution in [0.5, 0.6) is 0 Å². The lowest BCUT2D eigenvalue weighted by Gasteiger charge is -2.27. The van der Waals surface area contributed by atoms with E-state index in [0.717, 1.165) is 32.1 Å². The molecule has 2 heteroatoms. The van der Waals surface area contributed by atoms with Gasteiger partial charge in [0.25, 0.3) is 0 Å². The van der Waals surface area contributed by atoms with Gasteiger partial charge in [0, 0.05) is 13.1 Å². The van der Waals surface area contributed by atoms with Crippen molar-refractivity contribution >= 4 is 0 Å². The van der Waals surface area contributed by atoms with Crippen LogP contribution in [0.2, 0.25) is 0 Å². The van der Waals surface area contributed by atoms with Crippen LogP contribution in [-0.4, -0.2) is 26.2 Å². The summed E-state index contributed by atoms with van der Waals surface area (Å²) in [5, 5.41) is 6.76. The molecule has 2 N–H and O–H groups in total. The predicted molar refractivity (Wildman–Crippen MR) is 60.0 cm³/mol. The van der Waals surface area contributed by atoms with E-state index in [2.05, 4.69) is 45.3 Å². The number of likely N-dealkylation sites (N-methyl/N-ethyl adjacent to an activating group) is 1. The van der Waals surface area contributed by atoms with Crippen LogP contribution in [0.1, 0.15) is 34.6 Å². The Balaban J connectivity index is 3.32. The van der Waals surface area contributed by atoms with Crippen molar-refractivity contribution in [3.8, 4) is 0 Å². The zero-order valence-electron chi connectivity index (χ0n) is 9.91. The third-order valence-corrected chi connectivity index (χ3v) is 2.66. The van der Waals surface area contributed by atoms with Gasteiger partial charge < -0.3 is 10.6 Å². The third kappa shape index (κ3) is 7.03. The van der Waals surface area contributed by atoms with Crippen LogP contribution >= 0.6 is 0 Å². The second-order valence-corrected chi connectivity index (χ2v) is 4.82. The van der Waals surface area contributed by atoms with Gasteiger partial charge in [-0.3, -0.25) is 0 Å². The summed E-state index contributed by atoms with van der Waals surface area (Å²) < 4.78 is 0. The van der Waals surface area contributed by atoms with E-state index in [1.54, 1.807) is 0 Å². The zero-order chi connectivity index (χ0) is 10.3. The highest BCUT2D eigenvalue weighted by Gasteiger charge is 2.18. The van der Waals surface area contributed by atoms with Gasteiger partial charge in [0.1, 0.15) is 0 Å². The van der Waals surface area contributed by atoms with Crippen molar-refractivity contribution < 1.29 is 0 Å². The van der Waals surface area contributed by atoms with Crippen LogP contribution in [0.25, 0.3) is 0 Å². The summed E-state index contributed by atoms with van der Waals surface area (Å²) in [6, 6.07) is 0. The molecule has 0 aromatic rings. The molecular weight excluding hydrogens is 160 g/mol. The highest BCUT2D eigenvalue weighted by molar-refractivity contribution is 4.71. The van der Waals surface area contributed by atoms with Crippen LogP contribution in [0.15, 0.2) is 0 Å². The second kappa shape index (κ2) is 6.39. The lowest BCUT2D eigenvalue weighted by Crippen LogP contribution is -2.34. The fourth-order valence-electron chi connectivity index (χ4n) is 0.978. The molecule has 80 valence electrons. The molecule has 0 aliphatic rings. The van der Waals surface area contributed by atoms with E-state index in [1.807, 2.05) is 0 Å². The van der Waals surface area contributed by atoms with Gasteiger partial charge in [0.05, 0.1) is 0 Å². The van der Waals surface area contributed by atoms with Gasteiger partial charge in [-0.05, 0) is 24.4 Å². The summed E-state index contributed by atoms with van der Waals surface area (Å²) in [6.45, 7) is 15.7. The fraction of sp³-hybridized carbons (Fsp3) is 1.00. The topological polar surface area (TPSA) is 24.1 Å². The molecule has 0 heterocycles. The number of hydrogen-bond donors (Lipinski definition) is 2. The smallest absolute Gasteiger partial charge is 0.00768 e. The predicted octanol–water partition coefficient (Wildman–Crippen LogP) is 1.87. The summed E-state index contributed by atoms with van der Waals surface area (Å²) in [5.41, 5.74) is 0.422. The number of hydrogen-bond acceptors (Lipinski definition) is 2. The molecule has 0 aromatic carbocycles. The average molecular weight is 186 g/mol. The maximum absolute atomic E-state index is 3.46. The van der Waals surface area contributed by atoms with E-state index in [-0.39, 0.29) is 0 Å². The van der Waals surface area contributed by atoms with Crippen molar-refractivity contribution in [2.45, 2.75) is 34.6 Å². The van der Waals surface area contributed by atoms with Gasteiger partial charge in [-0.1, -0.05) is 34.6 Å². The molecule has 1 atom stereocenters. The van der Waals surface area contributed by atoms with Crippen molar-refractivity contribution in [3.63, 3.8) is 0 Å². The molecule has 0 aliphatic carbocycles. The Kier molecular flexibility index (Phi) is 6.35. The molecular formula is C11H26N2. The summed E-state index contributed by atoms with van der Waals surface area (Å²) in [5.74, 6) is 0.731. The molecule has 0 bridgehead atoms. The zero-order valence-corrected chi connectivity index (χ0v) is 9.91. The molecule has 0 saturated heterocycles. The number of rotatable bonds is 6. The van der Waals surface area contributed by atoms with E-state index in [4.69, 9.17) is 0 Å². The molecule has 13 heavy (non-hydrogen) atoms. The SMILES string of the molecule is CCNCCNCC(C)C(C)(C)C. The highest BCUT2D eigenvalue weighted by Crippen LogP contribution is 2.24. The molecule has 0 radical (unpaired) electrons. The second-order valence-electron chi connectivity index (χ2n) is 4.82. The van der Waals surface area contributed by atoms with Crippen molar-refractivity contribution in [3.05, 3.63) is 0 Å². The molecule has 0 aliphatic heterocycles. The van der Waals surface area contributed by atoms with Crippen LogP contribution < -0.4 is 10.6 Å². The van der Waals surface area contributed by atoms with Crippen molar-refractivity contribution in [2.75, 3.05) is 26.2 Å². The number of nitrogens with one attached hydrogen (secondary N) is 2. The van der Waals surface area contributed by atoms with Crippen LogP contribution in [0.4, 0.5) is 0 Å². The molecule has 0 spiro atoms. The van der Waals surface area contributed by atoms with E-state index >= 15 is 0 Å². The van der Waals surface area contributed by atoms with Gasteiger partial charge in [-0.15, -0.1) is 0 Å². The quantitative estimate of drug-likeness (QED) is 0.619. The lowest BCUT2D eigenvalue weighted by atomic mass is 9.82. The summed E-state index contributed by atoms with van der Waals surface area (Å²) in [7, 11) is 0. The Labute approximate surface area is 83.5 Å². The van der Waals surface area contributed by atoms with Gasteiger partial charge in [0.2, 0.25) is 0 Å². The van der Waals surface area contributed by atoms with Gasteiger partial charge in [-0.2, -0.15) is 0 Å². The minimum absolute atomic E-state index is 0.422. The fourth-order valence-corrected chi connectivity index (χ4v) is 0.978. The molecule has 1 unspecified atom stereocenters. The van der Waals surface area contributed by atoms with Crippen molar-refractivity contribution in [2.24, 2.45) is 11.3 Å². The van der Waals surface area contributed by atoms with E-state index in [1.165, 1.54) is 0 Å². The molecule has 0 aromatic heterocycles. The molecule has 0 amide bonds. The third-order valence-electron chi connectivity index (χ3n) is 2.66. The first-order chi connectivity index (χ1) is 5.98. The first kappa shape index (κ1) is 12.9. The van der Waals surface area contributed by atoms with Crippen LogP contribution in [-0.2, 0) is 0 Å². The Morgan fingerprint density at radius 1 is 1.08 bits per heavy atom. The Bertz CT molecular complexity index is 116. The average Bonchev–Trinajstić information content (AvgIpc) is 2.02. The standard InChI is InChI=1S/C11H26N2/c1-6-12-7-8-13-9-10(2)11(3,4)5/h10,12-13H,6-9H2,1-5H3. The largest absolute Gasteiger partial charge is 0.316 e. The Morgan fingerprint density at radius 3 is 2.08 bits per heavy atom. The summed E-state index contributed by atoms with van der Waals surface area (Å²) in [6.07, 6.45) is 0. The van der Waals surface area contributed by atoms with Gasteiger partial charge in [0.15, 0.2) is 0 Å². The van der Waals surface area contributed by atoms with E-state index in [9.17, 15) is 0 Å². The van der Waals surface area contributed by atoms with Crippen LogP contribution in [0, 0.1) is 11.3 Å². The minimum atomic E-state index is 0.422. The first-order valence-electron chi connectivity index (χ1n) is 5.40. The van der Waals surface area contributed by atoms with E-state index in [0.29, 0.717) is 5.41 Å². The van der Waals surface area contributed by atoms with Gasteiger partial charge in [-0.25, -0.2) is 0 Å². The first-order valence-corrected chi connectivity index (χ1v) is 5.40. The van der Waals surface area contributed by atoms with Crippen molar-refractivity contribution in [1.82, 2.24) is 10.6 Å². The Morgan fingerprint density at radius 2 is 1.62 bits per heavy atom. The minimum Gasteiger partial charge on any atom is -0.316 e.